The van der Waals surface area contributed by atoms with Crippen LogP contribution in [0.25, 0.3) is 0 Å². The summed E-state index contributed by atoms with van der Waals surface area (Å²) in [7, 11) is 3.17. The number of nitrogens with zero attached hydrogens (tertiary/aromatic N) is 2. The largest absolute Gasteiger partial charge is 0.497 e. The lowest BCUT2D eigenvalue weighted by atomic mass is 10.1. The first-order valence-electron chi connectivity index (χ1n) is 8.70. The van der Waals surface area contributed by atoms with Crippen LogP contribution in [0.5, 0.6) is 11.5 Å². The molecule has 7 heteroatoms. The van der Waals surface area contributed by atoms with Gasteiger partial charge in [-0.1, -0.05) is 12.1 Å². The Bertz CT molecular complexity index is 987. The topological polar surface area (TPSA) is 85.4 Å². The molecular weight excluding hydrogens is 356 g/mol. The van der Waals surface area contributed by atoms with Crippen molar-refractivity contribution in [1.82, 2.24) is 9.97 Å². The molecule has 3 aromatic rings. The molecule has 3 rings (SSSR count). The maximum absolute atomic E-state index is 12.5. The number of anilines is 3. The van der Waals surface area contributed by atoms with Crippen LogP contribution < -0.4 is 20.1 Å². The summed E-state index contributed by atoms with van der Waals surface area (Å²) in [6.45, 7) is 3.96. The normalized spacial score (nSPS) is 10.3. The zero-order chi connectivity index (χ0) is 20.1. The average molecular weight is 378 g/mol. The van der Waals surface area contributed by atoms with E-state index in [2.05, 4.69) is 20.6 Å². The van der Waals surface area contributed by atoms with E-state index in [1.54, 1.807) is 32.4 Å². The summed E-state index contributed by atoms with van der Waals surface area (Å²) in [5, 5.41) is 5.99. The van der Waals surface area contributed by atoms with Crippen LogP contribution in [0.3, 0.4) is 0 Å². The standard InChI is InChI=1S/C21H22N4O3/c1-13-6-5-7-16(14(13)2)25-21(26)18-11-23-20(12-22-18)24-17-10-15(27-3)8-9-19(17)28-4/h5-12H,1-4H3,(H,23,24)(H,25,26). The zero-order valence-corrected chi connectivity index (χ0v) is 16.2. The number of amides is 1. The van der Waals surface area contributed by atoms with E-state index in [4.69, 9.17) is 9.47 Å². The second kappa shape index (κ2) is 8.39. The Kier molecular flexibility index (Phi) is 5.74. The highest BCUT2D eigenvalue weighted by molar-refractivity contribution is 6.03. The van der Waals surface area contributed by atoms with Gasteiger partial charge in [0.2, 0.25) is 0 Å². The molecule has 0 spiro atoms. The van der Waals surface area contributed by atoms with Gasteiger partial charge >= 0.3 is 0 Å². The monoisotopic (exact) mass is 378 g/mol. The second-order valence-corrected chi connectivity index (χ2v) is 6.18. The molecule has 0 fully saturated rings. The van der Waals surface area contributed by atoms with Crippen molar-refractivity contribution in [2.45, 2.75) is 13.8 Å². The third kappa shape index (κ3) is 4.20. The molecule has 0 atom stereocenters. The average Bonchev–Trinajstić information content (AvgIpc) is 2.71. The Morgan fingerprint density at radius 2 is 1.79 bits per heavy atom. The van der Waals surface area contributed by atoms with E-state index in [0.717, 1.165) is 16.8 Å². The van der Waals surface area contributed by atoms with Gasteiger partial charge in [-0.15, -0.1) is 0 Å². The van der Waals surface area contributed by atoms with Crippen molar-refractivity contribution in [3.8, 4) is 11.5 Å². The van der Waals surface area contributed by atoms with E-state index in [9.17, 15) is 4.79 Å². The van der Waals surface area contributed by atoms with Gasteiger partial charge in [0.05, 0.1) is 32.3 Å². The molecule has 0 aliphatic carbocycles. The maximum atomic E-state index is 12.5. The zero-order valence-electron chi connectivity index (χ0n) is 16.2. The first kappa shape index (κ1) is 19.2. The van der Waals surface area contributed by atoms with E-state index in [1.807, 2.05) is 32.0 Å². The van der Waals surface area contributed by atoms with Crippen LogP contribution in [0, 0.1) is 13.8 Å². The SMILES string of the molecule is COc1ccc(OC)c(Nc2cnc(C(=O)Nc3cccc(C)c3C)cn2)c1. The minimum absolute atomic E-state index is 0.226. The van der Waals surface area contributed by atoms with Crippen LogP contribution in [0.4, 0.5) is 17.2 Å². The number of carbonyl (C=O) groups excluding carboxylic acids is 1. The number of aromatic nitrogens is 2. The third-order valence-electron chi connectivity index (χ3n) is 4.41. The lowest BCUT2D eigenvalue weighted by molar-refractivity contribution is 0.102. The van der Waals surface area contributed by atoms with Crippen molar-refractivity contribution >= 4 is 23.1 Å². The fourth-order valence-corrected chi connectivity index (χ4v) is 2.63. The van der Waals surface area contributed by atoms with Gasteiger partial charge in [0, 0.05) is 11.8 Å². The van der Waals surface area contributed by atoms with Crippen LogP contribution in [-0.4, -0.2) is 30.1 Å². The molecule has 0 saturated carbocycles. The van der Waals surface area contributed by atoms with Gasteiger partial charge in [0.1, 0.15) is 23.0 Å². The molecule has 0 saturated heterocycles. The molecule has 2 aromatic carbocycles. The smallest absolute Gasteiger partial charge is 0.275 e. The van der Waals surface area contributed by atoms with Gasteiger partial charge in [-0.2, -0.15) is 0 Å². The van der Waals surface area contributed by atoms with Crippen molar-refractivity contribution in [2.75, 3.05) is 24.9 Å². The first-order valence-corrected chi connectivity index (χ1v) is 8.70. The van der Waals surface area contributed by atoms with E-state index >= 15 is 0 Å². The Morgan fingerprint density at radius 1 is 0.964 bits per heavy atom. The Hall–Kier alpha value is -3.61. The highest BCUT2D eigenvalue weighted by Crippen LogP contribution is 2.30. The van der Waals surface area contributed by atoms with Gasteiger partial charge in [0.15, 0.2) is 0 Å². The summed E-state index contributed by atoms with van der Waals surface area (Å²) < 4.78 is 10.6. The number of ether oxygens (including phenoxy) is 2. The lowest BCUT2D eigenvalue weighted by Gasteiger charge is -2.12. The molecule has 0 bridgehead atoms. The summed E-state index contributed by atoms with van der Waals surface area (Å²) in [4.78, 5) is 20.9. The molecule has 28 heavy (non-hydrogen) atoms. The molecule has 1 aromatic heterocycles. The molecule has 1 heterocycles. The Labute approximate surface area is 163 Å². The molecule has 0 radical (unpaired) electrons. The summed E-state index contributed by atoms with van der Waals surface area (Å²) in [5.41, 5.74) is 3.80. The molecule has 144 valence electrons. The number of methoxy groups -OCH3 is 2. The van der Waals surface area contributed by atoms with Gasteiger partial charge in [-0.05, 0) is 43.2 Å². The van der Waals surface area contributed by atoms with Crippen molar-refractivity contribution < 1.29 is 14.3 Å². The quantitative estimate of drug-likeness (QED) is 0.671. The van der Waals surface area contributed by atoms with Crippen molar-refractivity contribution in [3.05, 3.63) is 65.6 Å². The van der Waals surface area contributed by atoms with Crippen LogP contribution in [0.1, 0.15) is 21.6 Å². The number of nitrogens with one attached hydrogen (secondary N) is 2. The lowest BCUT2D eigenvalue weighted by Crippen LogP contribution is -2.15. The van der Waals surface area contributed by atoms with Crippen LogP contribution in [-0.2, 0) is 0 Å². The number of benzene rings is 2. The van der Waals surface area contributed by atoms with Crippen molar-refractivity contribution in [3.63, 3.8) is 0 Å². The molecule has 2 N–H and O–H groups in total. The summed E-state index contributed by atoms with van der Waals surface area (Å²) in [6.07, 6.45) is 2.92. The molecule has 0 aliphatic heterocycles. The van der Waals surface area contributed by atoms with E-state index < -0.39 is 0 Å². The van der Waals surface area contributed by atoms with E-state index in [-0.39, 0.29) is 11.6 Å². The fourth-order valence-electron chi connectivity index (χ4n) is 2.63. The molecule has 1 amide bonds. The van der Waals surface area contributed by atoms with E-state index in [0.29, 0.717) is 23.0 Å². The molecule has 0 unspecified atom stereocenters. The van der Waals surface area contributed by atoms with Gasteiger partial charge in [0.25, 0.3) is 5.91 Å². The summed E-state index contributed by atoms with van der Waals surface area (Å²) in [6, 6.07) is 11.1. The third-order valence-corrected chi connectivity index (χ3v) is 4.41. The van der Waals surface area contributed by atoms with Crippen molar-refractivity contribution in [2.24, 2.45) is 0 Å². The van der Waals surface area contributed by atoms with Crippen molar-refractivity contribution in [1.29, 1.82) is 0 Å². The maximum Gasteiger partial charge on any atom is 0.275 e. The second-order valence-electron chi connectivity index (χ2n) is 6.18. The number of hydrogen-bond acceptors (Lipinski definition) is 6. The molecule has 0 aliphatic rings. The predicted octanol–water partition coefficient (Wildman–Crippen LogP) is 4.11. The minimum atomic E-state index is -0.313. The Morgan fingerprint density at radius 3 is 2.46 bits per heavy atom. The molecule has 7 nitrogen and oxygen atoms in total. The fraction of sp³-hybridized carbons (Fsp3) is 0.190. The number of carbonyl (C=O) groups is 1. The number of rotatable bonds is 6. The van der Waals surface area contributed by atoms with Crippen LogP contribution >= 0.6 is 0 Å². The highest BCUT2D eigenvalue weighted by atomic mass is 16.5. The minimum Gasteiger partial charge on any atom is -0.497 e. The highest BCUT2D eigenvalue weighted by Gasteiger charge is 2.12. The van der Waals surface area contributed by atoms with Gasteiger partial charge < -0.3 is 20.1 Å². The summed E-state index contributed by atoms with van der Waals surface area (Å²) >= 11 is 0. The summed E-state index contributed by atoms with van der Waals surface area (Å²) in [5.74, 6) is 1.49. The predicted molar refractivity (Wildman–Crippen MR) is 109 cm³/mol. The van der Waals surface area contributed by atoms with Crippen LogP contribution in [0.15, 0.2) is 48.8 Å². The number of hydrogen-bond donors (Lipinski definition) is 2. The molecular formula is C21H22N4O3. The van der Waals surface area contributed by atoms with E-state index in [1.165, 1.54) is 12.4 Å². The Balaban J connectivity index is 1.75. The first-order chi connectivity index (χ1) is 13.5. The van der Waals surface area contributed by atoms with Gasteiger partial charge in [-0.25, -0.2) is 9.97 Å². The number of aryl methyl sites for hydroxylation is 1. The van der Waals surface area contributed by atoms with Gasteiger partial charge in [-0.3, -0.25) is 4.79 Å². The van der Waals surface area contributed by atoms with Crippen LogP contribution in [0.2, 0.25) is 0 Å².